The molecule has 23 heavy (non-hydrogen) atoms. The Morgan fingerprint density at radius 1 is 1.30 bits per heavy atom. The minimum atomic E-state index is -3.71. The number of fused-ring (bicyclic) bond motifs is 2. The highest BCUT2D eigenvalue weighted by atomic mass is 32.2. The molecule has 0 amide bonds. The molecular formula is C15H16N4O3S. The molecule has 0 bridgehead atoms. The van der Waals surface area contributed by atoms with Gasteiger partial charge in [0.15, 0.2) is 0 Å². The number of hydrogen-bond donors (Lipinski definition) is 3. The van der Waals surface area contributed by atoms with E-state index in [1.165, 1.54) is 11.3 Å². The third kappa shape index (κ3) is 2.50. The Morgan fingerprint density at radius 3 is 3.13 bits per heavy atom. The average Bonchev–Trinajstić information content (AvgIpc) is 3.03. The Morgan fingerprint density at radius 2 is 2.22 bits per heavy atom. The smallest absolute Gasteiger partial charge is 0.264 e. The highest BCUT2D eigenvalue weighted by Gasteiger charge is 2.30. The molecule has 0 saturated heterocycles. The monoisotopic (exact) mass is 332 g/mol. The molecule has 3 heterocycles. The summed E-state index contributed by atoms with van der Waals surface area (Å²) < 4.78 is 28.3. The second-order valence-corrected chi connectivity index (χ2v) is 7.06. The second kappa shape index (κ2) is 5.41. The van der Waals surface area contributed by atoms with E-state index in [2.05, 4.69) is 15.5 Å². The topological polar surface area (TPSA) is 82.7 Å². The summed E-state index contributed by atoms with van der Waals surface area (Å²) in [6.45, 7) is 1.60. The van der Waals surface area contributed by atoms with Crippen LogP contribution in [0.1, 0.15) is 11.1 Å². The molecule has 0 saturated carbocycles. The number of hydrogen-bond acceptors (Lipinski definition) is 6. The van der Waals surface area contributed by atoms with Crippen molar-refractivity contribution >= 4 is 15.7 Å². The number of sulfonamides is 1. The maximum Gasteiger partial charge on any atom is 0.264 e. The molecule has 0 aromatic heterocycles. The van der Waals surface area contributed by atoms with Crippen molar-refractivity contribution in [1.82, 2.24) is 15.9 Å². The summed E-state index contributed by atoms with van der Waals surface area (Å²) in [5, 5.41) is 4.66. The van der Waals surface area contributed by atoms with E-state index in [1.54, 1.807) is 24.4 Å². The van der Waals surface area contributed by atoms with E-state index in [-0.39, 0.29) is 4.91 Å². The molecule has 3 aliphatic rings. The van der Waals surface area contributed by atoms with Crippen LogP contribution in [0.15, 0.2) is 53.4 Å². The molecule has 0 radical (unpaired) electrons. The number of rotatable bonds is 3. The lowest BCUT2D eigenvalue weighted by Gasteiger charge is -2.23. The lowest BCUT2D eigenvalue weighted by Crippen LogP contribution is -2.27. The third-order valence-corrected chi connectivity index (χ3v) is 5.39. The van der Waals surface area contributed by atoms with Gasteiger partial charge in [-0.05, 0) is 42.3 Å². The van der Waals surface area contributed by atoms with Crippen molar-refractivity contribution in [2.75, 3.05) is 11.3 Å². The van der Waals surface area contributed by atoms with Crippen LogP contribution < -0.4 is 15.5 Å². The number of benzene rings is 1. The molecule has 120 valence electrons. The predicted molar refractivity (Wildman–Crippen MR) is 85.8 cm³/mol. The quantitative estimate of drug-likeness (QED) is 0.768. The number of allylic oxidation sites excluding steroid dienone is 2. The Hall–Kier alpha value is -2.29. The van der Waals surface area contributed by atoms with Crippen molar-refractivity contribution in [3.63, 3.8) is 0 Å². The van der Waals surface area contributed by atoms with Gasteiger partial charge in [-0.25, -0.2) is 19.0 Å². The summed E-state index contributed by atoms with van der Waals surface area (Å²) in [5.74, 6) is 0. The van der Waals surface area contributed by atoms with Gasteiger partial charge < -0.3 is 5.32 Å². The number of hydroxylamine groups is 3. The van der Waals surface area contributed by atoms with E-state index < -0.39 is 10.0 Å². The zero-order chi connectivity index (χ0) is 15.9. The molecular weight excluding hydrogens is 316 g/mol. The lowest BCUT2D eigenvalue weighted by molar-refractivity contribution is -0.112. The van der Waals surface area contributed by atoms with E-state index in [1.807, 2.05) is 12.1 Å². The van der Waals surface area contributed by atoms with E-state index in [9.17, 15) is 8.42 Å². The Bertz CT molecular complexity index is 842. The molecule has 0 atom stereocenters. The van der Waals surface area contributed by atoms with Gasteiger partial charge in [0, 0.05) is 12.7 Å². The highest BCUT2D eigenvalue weighted by molar-refractivity contribution is 7.96. The van der Waals surface area contributed by atoms with Crippen molar-refractivity contribution in [3.05, 3.63) is 64.5 Å². The number of anilines is 1. The van der Waals surface area contributed by atoms with Crippen molar-refractivity contribution < 1.29 is 13.4 Å². The van der Waals surface area contributed by atoms with Gasteiger partial charge in [0.1, 0.15) is 10.6 Å². The summed E-state index contributed by atoms with van der Waals surface area (Å²) in [4.78, 5) is 5.25. The van der Waals surface area contributed by atoms with Crippen molar-refractivity contribution in [1.29, 1.82) is 0 Å². The SMILES string of the molecule is O=S(=O)(Nc1cccc2c1CCNC2)C1=CC=CN2ONC=C12. The molecule has 3 aliphatic heterocycles. The summed E-state index contributed by atoms with van der Waals surface area (Å²) in [5.41, 5.74) is 5.81. The first-order valence-electron chi connectivity index (χ1n) is 7.30. The molecule has 7 nitrogen and oxygen atoms in total. The van der Waals surface area contributed by atoms with Gasteiger partial charge >= 0.3 is 0 Å². The third-order valence-electron chi connectivity index (χ3n) is 3.98. The first-order chi connectivity index (χ1) is 11.1. The second-order valence-electron chi connectivity index (χ2n) is 5.41. The fourth-order valence-electron chi connectivity index (χ4n) is 2.89. The Kier molecular flexibility index (Phi) is 3.37. The number of nitrogens with zero attached hydrogens (tertiary/aromatic N) is 1. The maximum absolute atomic E-state index is 12.8. The zero-order valence-electron chi connectivity index (χ0n) is 12.2. The van der Waals surface area contributed by atoms with Crippen molar-refractivity contribution in [2.45, 2.75) is 13.0 Å². The van der Waals surface area contributed by atoms with Crippen LogP contribution in [0.3, 0.4) is 0 Å². The van der Waals surface area contributed by atoms with Crippen LogP contribution in [0.25, 0.3) is 0 Å². The standard InChI is InChI=1S/C15H16N4O3S/c20-23(21,15-5-2-8-19-14(15)10-17-22-19)18-13-4-1-3-11-9-16-7-6-12(11)13/h1-5,8,10,16-18H,6-7,9H2. The van der Waals surface area contributed by atoms with Crippen LogP contribution in [0, 0.1) is 0 Å². The summed E-state index contributed by atoms with van der Waals surface area (Å²) >= 11 is 0. The maximum atomic E-state index is 12.8. The molecule has 0 aliphatic carbocycles. The van der Waals surface area contributed by atoms with E-state index in [0.717, 1.165) is 30.6 Å². The summed E-state index contributed by atoms with van der Waals surface area (Å²) in [6.07, 6.45) is 7.13. The van der Waals surface area contributed by atoms with Crippen LogP contribution in [-0.2, 0) is 27.9 Å². The zero-order valence-corrected chi connectivity index (χ0v) is 13.1. The molecule has 0 fully saturated rings. The van der Waals surface area contributed by atoms with Gasteiger partial charge in [-0.15, -0.1) is 0 Å². The van der Waals surface area contributed by atoms with Crippen LogP contribution in [0.5, 0.6) is 0 Å². The van der Waals surface area contributed by atoms with Gasteiger partial charge in [0.05, 0.1) is 11.9 Å². The fourth-order valence-corrected chi connectivity index (χ4v) is 4.16. The molecule has 1 aromatic carbocycles. The fraction of sp³-hybridized carbons (Fsp3) is 0.200. The van der Waals surface area contributed by atoms with E-state index in [4.69, 9.17) is 4.94 Å². The summed E-state index contributed by atoms with van der Waals surface area (Å²) in [7, 11) is -3.71. The molecule has 3 N–H and O–H groups in total. The lowest BCUT2D eigenvalue weighted by atomic mass is 9.99. The molecule has 1 aromatic rings. The Balaban J connectivity index is 1.69. The van der Waals surface area contributed by atoms with Gasteiger partial charge in [0.2, 0.25) is 0 Å². The first kappa shape index (κ1) is 14.3. The summed E-state index contributed by atoms with van der Waals surface area (Å²) in [6, 6.07) is 5.68. The predicted octanol–water partition coefficient (Wildman–Crippen LogP) is 1.08. The highest BCUT2D eigenvalue weighted by Crippen LogP contribution is 2.30. The largest absolute Gasteiger partial charge is 0.312 e. The minimum absolute atomic E-state index is 0.163. The van der Waals surface area contributed by atoms with Crippen LogP contribution >= 0.6 is 0 Å². The molecule has 4 rings (SSSR count). The molecule has 0 spiro atoms. The average molecular weight is 332 g/mol. The van der Waals surface area contributed by atoms with E-state index >= 15 is 0 Å². The van der Waals surface area contributed by atoms with Crippen molar-refractivity contribution in [3.8, 4) is 0 Å². The van der Waals surface area contributed by atoms with Crippen LogP contribution in [0.4, 0.5) is 5.69 Å². The van der Waals surface area contributed by atoms with E-state index in [0.29, 0.717) is 11.4 Å². The molecule has 0 unspecified atom stereocenters. The van der Waals surface area contributed by atoms with Gasteiger partial charge in [0.25, 0.3) is 10.0 Å². The van der Waals surface area contributed by atoms with Gasteiger partial charge in [-0.1, -0.05) is 12.1 Å². The molecule has 8 heteroatoms. The van der Waals surface area contributed by atoms with Crippen LogP contribution in [-0.4, -0.2) is 20.0 Å². The Labute approximate surface area is 134 Å². The van der Waals surface area contributed by atoms with Gasteiger partial charge in [-0.3, -0.25) is 4.72 Å². The van der Waals surface area contributed by atoms with Gasteiger partial charge in [-0.2, -0.15) is 4.94 Å². The normalized spacial score (nSPS) is 19.4. The first-order valence-corrected chi connectivity index (χ1v) is 8.78. The van der Waals surface area contributed by atoms with Crippen molar-refractivity contribution in [2.24, 2.45) is 0 Å². The minimum Gasteiger partial charge on any atom is -0.312 e. The van der Waals surface area contributed by atoms with Crippen LogP contribution in [0.2, 0.25) is 0 Å². The number of nitrogens with one attached hydrogen (secondary N) is 3.